The molecule has 0 fully saturated rings. The number of aromatic nitrogens is 4. The van der Waals surface area contributed by atoms with Crippen LogP contribution in [0.15, 0.2) is 73.2 Å². The first kappa shape index (κ1) is 20.9. The summed E-state index contributed by atoms with van der Waals surface area (Å²) in [6.45, 7) is 0. The number of benzene rings is 2. The number of aryl methyl sites for hydroxylation is 1. The van der Waals surface area contributed by atoms with Gasteiger partial charge in [0, 0.05) is 30.4 Å². The lowest BCUT2D eigenvalue weighted by Gasteiger charge is -2.09. The highest BCUT2D eigenvalue weighted by atomic mass is 16.5. The van der Waals surface area contributed by atoms with Crippen LogP contribution in [0.25, 0.3) is 23.0 Å². The molecule has 2 aromatic heterocycles. The van der Waals surface area contributed by atoms with Gasteiger partial charge in [0.25, 0.3) is 0 Å². The van der Waals surface area contributed by atoms with Crippen molar-refractivity contribution in [1.29, 1.82) is 0 Å². The molecule has 0 aliphatic rings. The Kier molecular flexibility index (Phi) is 6.03. The second-order valence-electron chi connectivity index (χ2n) is 6.89. The molecule has 162 valence electrons. The molecule has 8 heteroatoms. The summed E-state index contributed by atoms with van der Waals surface area (Å²) in [5, 5.41) is 8.74. The summed E-state index contributed by atoms with van der Waals surface area (Å²) < 4.78 is 19.4. The van der Waals surface area contributed by atoms with Crippen LogP contribution >= 0.6 is 0 Å². The lowest BCUT2D eigenvalue weighted by molar-refractivity contribution is -0.128. The molecule has 0 amide bonds. The van der Waals surface area contributed by atoms with E-state index in [1.807, 2.05) is 54.7 Å². The minimum Gasteiger partial charge on any atom is -0.493 e. The third-order valence-electron chi connectivity index (χ3n) is 4.72. The molecule has 0 spiro atoms. The van der Waals surface area contributed by atoms with Crippen molar-refractivity contribution in [3.05, 3.63) is 78.8 Å². The van der Waals surface area contributed by atoms with Crippen molar-refractivity contribution in [3.8, 4) is 34.2 Å². The number of carbonyl (C=O) groups is 1. The summed E-state index contributed by atoms with van der Waals surface area (Å²) in [4.78, 5) is 12.3. The van der Waals surface area contributed by atoms with Crippen LogP contribution < -0.4 is 14.2 Å². The van der Waals surface area contributed by atoms with Crippen LogP contribution in [0.1, 0.15) is 5.56 Å². The quantitative estimate of drug-likeness (QED) is 0.327. The molecule has 0 N–H and O–H groups in total. The van der Waals surface area contributed by atoms with Crippen LogP contribution in [-0.2, 0) is 11.8 Å². The van der Waals surface area contributed by atoms with E-state index in [-0.39, 0.29) is 0 Å². The fourth-order valence-corrected chi connectivity index (χ4v) is 3.19. The molecule has 0 atom stereocenters. The van der Waals surface area contributed by atoms with Crippen molar-refractivity contribution in [2.24, 2.45) is 7.05 Å². The normalized spacial score (nSPS) is 11.0. The van der Waals surface area contributed by atoms with Crippen molar-refractivity contribution < 1.29 is 19.0 Å². The van der Waals surface area contributed by atoms with Crippen LogP contribution in [0.3, 0.4) is 0 Å². The second-order valence-corrected chi connectivity index (χ2v) is 6.89. The topological polar surface area (TPSA) is 80.4 Å². The van der Waals surface area contributed by atoms with Gasteiger partial charge in [0.1, 0.15) is 5.69 Å². The van der Waals surface area contributed by atoms with Crippen molar-refractivity contribution >= 4 is 12.0 Å². The summed E-state index contributed by atoms with van der Waals surface area (Å²) in [7, 11) is 4.92. The molecular formula is C24H22N4O4. The fourth-order valence-electron chi connectivity index (χ4n) is 3.19. The van der Waals surface area contributed by atoms with Gasteiger partial charge in [-0.3, -0.25) is 4.68 Å². The molecule has 4 rings (SSSR count). The highest BCUT2D eigenvalue weighted by Crippen LogP contribution is 2.33. The Morgan fingerprint density at radius 2 is 1.78 bits per heavy atom. The van der Waals surface area contributed by atoms with Crippen molar-refractivity contribution in [1.82, 2.24) is 19.6 Å². The fraction of sp³-hybridized carbons (Fsp3) is 0.125. The van der Waals surface area contributed by atoms with Gasteiger partial charge in [0.15, 0.2) is 17.2 Å². The van der Waals surface area contributed by atoms with Crippen molar-refractivity contribution in [2.75, 3.05) is 14.2 Å². The zero-order valence-corrected chi connectivity index (χ0v) is 17.9. The number of nitrogens with zero attached hydrogens (tertiary/aromatic N) is 4. The van der Waals surface area contributed by atoms with Gasteiger partial charge < -0.3 is 14.2 Å². The van der Waals surface area contributed by atoms with Gasteiger partial charge in [0.05, 0.1) is 32.3 Å². The van der Waals surface area contributed by atoms with Crippen LogP contribution in [0, 0.1) is 0 Å². The summed E-state index contributed by atoms with van der Waals surface area (Å²) in [5.74, 6) is 1.08. The zero-order valence-electron chi connectivity index (χ0n) is 17.9. The largest absolute Gasteiger partial charge is 0.493 e. The molecule has 0 radical (unpaired) electrons. The van der Waals surface area contributed by atoms with Crippen LogP contribution in [0.4, 0.5) is 0 Å². The molecule has 2 aromatic carbocycles. The van der Waals surface area contributed by atoms with E-state index in [4.69, 9.17) is 19.3 Å². The minimum atomic E-state index is -0.510. The van der Waals surface area contributed by atoms with Crippen LogP contribution in [0.5, 0.6) is 17.2 Å². The summed E-state index contributed by atoms with van der Waals surface area (Å²) in [5.41, 5.74) is 3.13. The Morgan fingerprint density at radius 1 is 1.00 bits per heavy atom. The van der Waals surface area contributed by atoms with Crippen LogP contribution in [-0.4, -0.2) is 39.7 Å². The Morgan fingerprint density at radius 3 is 2.47 bits per heavy atom. The first-order valence-corrected chi connectivity index (χ1v) is 9.83. The highest BCUT2D eigenvalue weighted by molar-refractivity contribution is 5.90. The number of carbonyl (C=O) groups excluding carboxylic acids is 1. The lowest BCUT2D eigenvalue weighted by atomic mass is 10.1. The first-order chi connectivity index (χ1) is 15.6. The van der Waals surface area contributed by atoms with Crippen LogP contribution in [0.2, 0.25) is 0 Å². The number of esters is 1. The zero-order chi connectivity index (χ0) is 22.5. The van der Waals surface area contributed by atoms with E-state index in [2.05, 4.69) is 5.10 Å². The standard InChI is InChI=1S/C24H22N4O4/c1-27-16-20(14-25-27)32-23(29)12-10-18-15-28(19-7-5-4-6-8-19)26-24(18)17-9-11-21(30-2)22(13-17)31-3/h4-16H,1-3H3/b12-10+. The molecule has 8 nitrogen and oxygen atoms in total. The van der Waals surface area contributed by atoms with Gasteiger partial charge >= 0.3 is 5.97 Å². The van der Waals surface area contributed by atoms with E-state index in [1.165, 1.54) is 12.3 Å². The Bertz CT molecular complexity index is 1260. The van der Waals surface area contributed by atoms with Gasteiger partial charge in [0.2, 0.25) is 0 Å². The molecule has 0 saturated heterocycles. The molecule has 0 bridgehead atoms. The van der Waals surface area contributed by atoms with Gasteiger partial charge in [-0.25, -0.2) is 9.48 Å². The maximum absolute atomic E-state index is 12.3. The number of methoxy groups -OCH3 is 2. The Balaban J connectivity index is 1.70. The van der Waals surface area contributed by atoms with E-state index >= 15 is 0 Å². The Hall–Kier alpha value is -4.33. The van der Waals surface area contributed by atoms with E-state index in [0.29, 0.717) is 22.9 Å². The third-order valence-corrected chi connectivity index (χ3v) is 4.72. The maximum atomic E-state index is 12.3. The molecule has 0 saturated carbocycles. The monoisotopic (exact) mass is 430 g/mol. The molecular weight excluding hydrogens is 408 g/mol. The Labute approximate surface area is 185 Å². The summed E-state index contributed by atoms with van der Waals surface area (Å²) in [6, 6.07) is 15.3. The summed E-state index contributed by atoms with van der Waals surface area (Å²) >= 11 is 0. The number of para-hydroxylation sites is 1. The number of ether oxygens (including phenoxy) is 3. The predicted molar refractivity (Wildman–Crippen MR) is 120 cm³/mol. The summed E-state index contributed by atoms with van der Waals surface area (Å²) in [6.07, 6.45) is 8.00. The second kappa shape index (κ2) is 9.22. The maximum Gasteiger partial charge on any atom is 0.336 e. The van der Waals surface area contributed by atoms with E-state index < -0.39 is 5.97 Å². The molecule has 2 heterocycles. The minimum absolute atomic E-state index is 0.377. The highest BCUT2D eigenvalue weighted by Gasteiger charge is 2.14. The molecule has 4 aromatic rings. The average molecular weight is 430 g/mol. The molecule has 32 heavy (non-hydrogen) atoms. The SMILES string of the molecule is COc1ccc(-c2nn(-c3ccccc3)cc2/C=C/C(=O)Oc2cnn(C)c2)cc1OC. The number of rotatable bonds is 7. The molecule has 0 aliphatic carbocycles. The predicted octanol–water partition coefficient (Wildman–Crippen LogP) is 3.91. The van der Waals surface area contributed by atoms with Gasteiger partial charge in [-0.05, 0) is 36.4 Å². The first-order valence-electron chi connectivity index (χ1n) is 9.83. The van der Waals surface area contributed by atoms with Gasteiger partial charge in [-0.2, -0.15) is 10.2 Å². The van der Waals surface area contributed by atoms with E-state index in [9.17, 15) is 4.79 Å². The number of hydrogen-bond donors (Lipinski definition) is 0. The smallest absolute Gasteiger partial charge is 0.336 e. The molecule has 0 aliphatic heterocycles. The number of hydrogen-bond acceptors (Lipinski definition) is 6. The molecule has 0 unspecified atom stereocenters. The van der Waals surface area contributed by atoms with Gasteiger partial charge in [-0.15, -0.1) is 0 Å². The van der Waals surface area contributed by atoms with E-state index in [1.54, 1.807) is 42.9 Å². The third kappa shape index (κ3) is 4.54. The van der Waals surface area contributed by atoms with E-state index in [0.717, 1.165) is 16.8 Å². The average Bonchev–Trinajstić information content (AvgIpc) is 3.43. The van der Waals surface area contributed by atoms with Crippen molar-refractivity contribution in [3.63, 3.8) is 0 Å². The lowest BCUT2D eigenvalue weighted by Crippen LogP contribution is -2.02. The van der Waals surface area contributed by atoms with Gasteiger partial charge in [-0.1, -0.05) is 18.2 Å². The van der Waals surface area contributed by atoms with Crippen molar-refractivity contribution in [2.45, 2.75) is 0 Å².